The number of rotatable bonds is 0. The van der Waals surface area contributed by atoms with Crippen LogP contribution in [0.2, 0.25) is 0 Å². The Balaban J connectivity index is 1.32. The predicted molar refractivity (Wildman–Crippen MR) is 216 cm³/mol. The summed E-state index contributed by atoms with van der Waals surface area (Å²) in [6.45, 7) is 22.9. The van der Waals surface area contributed by atoms with Crippen molar-refractivity contribution in [3.63, 3.8) is 0 Å². The molecule has 0 radical (unpaired) electrons. The number of aromatic nitrogens is 3. The van der Waals surface area contributed by atoms with Gasteiger partial charge in [-0.1, -0.05) is 18.2 Å². The molecule has 54 heavy (non-hydrogen) atoms. The number of nitrogens with two attached hydrogens (primary N) is 1. The van der Waals surface area contributed by atoms with Gasteiger partial charge >= 0.3 is 0 Å². The van der Waals surface area contributed by atoms with Crippen molar-refractivity contribution < 1.29 is 5.32 Å². The molecular formula is C45H58N9+. The maximum atomic E-state index is 5.09. The Bertz CT molecular complexity index is 1710. The largest absolute Gasteiger partial charge is 0.337 e. The Kier molecular flexibility index (Phi) is 12.2. The summed E-state index contributed by atoms with van der Waals surface area (Å²) in [4.78, 5) is 15.2. The third-order valence-corrected chi connectivity index (χ3v) is 11.8. The van der Waals surface area contributed by atoms with Crippen LogP contribution in [-0.4, -0.2) is 15.0 Å². The summed E-state index contributed by atoms with van der Waals surface area (Å²) in [5.74, 6) is 0. The molecule has 9 heteroatoms. The fraction of sp³-hybridized carbons (Fsp3) is 0.400. The summed E-state index contributed by atoms with van der Waals surface area (Å²) in [6, 6.07) is 19.3. The number of hydrogen-bond acceptors (Lipinski definition) is 8. The third kappa shape index (κ3) is 8.62. The van der Waals surface area contributed by atoms with Crippen molar-refractivity contribution in [1.82, 2.24) is 41.5 Å². The summed E-state index contributed by atoms with van der Waals surface area (Å²) >= 11 is 0. The minimum absolute atomic E-state index is 0.707. The number of nitrogens with one attached hydrogen (secondary N) is 5. The van der Waals surface area contributed by atoms with E-state index in [1.165, 1.54) is 66.8 Å². The molecule has 2 aromatic carbocycles. The van der Waals surface area contributed by atoms with Crippen LogP contribution in [0.1, 0.15) is 101 Å². The molecular weight excluding hydrogens is 667 g/mol. The van der Waals surface area contributed by atoms with Gasteiger partial charge in [0.2, 0.25) is 0 Å². The van der Waals surface area contributed by atoms with Crippen LogP contribution in [0, 0.1) is 41.5 Å². The van der Waals surface area contributed by atoms with E-state index in [2.05, 4.69) is 128 Å². The van der Waals surface area contributed by atoms with E-state index in [1.807, 2.05) is 0 Å². The van der Waals surface area contributed by atoms with Gasteiger partial charge in [-0.25, -0.2) is 0 Å². The second-order valence-electron chi connectivity index (χ2n) is 15.2. The summed E-state index contributed by atoms with van der Waals surface area (Å²) in [6.07, 6.45) is 0. The van der Waals surface area contributed by atoms with E-state index in [0.717, 1.165) is 80.0 Å². The minimum Gasteiger partial charge on any atom is -0.337 e. The van der Waals surface area contributed by atoms with Gasteiger partial charge in [-0.05, 0) is 139 Å². The highest BCUT2D eigenvalue weighted by Crippen LogP contribution is 2.29. The molecule has 0 saturated carbocycles. The first-order chi connectivity index (χ1) is 26.3. The number of benzene rings is 2. The quantitative estimate of drug-likeness (QED) is 0.132. The first-order valence-corrected chi connectivity index (χ1v) is 19.7. The van der Waals surface area contributed by atoms with E-state index >= 15 is 0 Å². The number of fused-ring (bicyclic) bond motifs is 12. The zero-order chi connectivity index (χ0) is 37.6. The molecule has 9 nitrogen and oxygen atoms in total. The molecule has 0 fully saturated rings. The van der Waals surface area contributed by atoms with E-state index in [9.17, 15) is 0 Å². The van der Waals surface area contributed by atoms with Crippen LogP contribution in [0.4, 0.5) is 0 Å². The topological polar surface area (TPSA) is 115 Å². The molecule has 7 N–H and O–H groups in total. The fourth-order valence-corrected chi connectivity index (χ4v) is 8.55. The van der Waals surface area contributed by atoms with Gasteiger partial charge in [-0.2, -0.15) is 0 Å². The summed E-state index contributed by atoms with van der Waals surface area (Å²) in [7, 11) is 0. The summed E-state index contributed by atoms with van der Waals surface area (Å²) in [5.41, 5.74) is 22.8. The molecule has 3 aromatic heterocycles. The Morgan fingerprint density at radius 1 is 0.333 bits per heavy atom. The first-order valence-electron chi connectivity index (χ1n) is 19.7. The molecule has 0 saturated heterocycles. The minimum atomic E-state index is 0.707. The summed E-state index contributed by atoms with van der Waals surface area (Å²) in [5, 5.41) is 21.3. The van der Waals surface area contributed by atoms with Gasteiger partial charge in [-0.3, -0.25) is 15.0 Å². The zero-order valence-corrected chi connectivity index (χ0v) is 33.1. The lowest BCUT2D eigenvalue weighted by atomic mass is 9.87. The van der Waals surface area contributed by atoms with Gasteiger partial charge in [0.1, 0.15) is 13.1 Å². The van der Waals surface area contributed by atoms with Crippen molar-refractivity contribution in [2.24, 2.45) is 0 Å². The van der Waals surface area contributed by atoms with Crippen molar-refractivity contribution in [3.8, 4) is 0 Å². The average molecular weight is 725 g/mol. The normalized spacial score (nSPS) is 16.1. The lowest BCUT2D eigenvalue weighted by molar-refractivity contribution is -0.686. The van der Waals surface area contributed by atoms with E-state index in [1.54, 1.807) is 0 Å². The van der Waals surface area contributed by atoms with Crippen molar-refractivity contribution in [2.75, 3.05) is 0 Å². The molecule has 6 heterocycles. The molecule has 5 aromatic rings. The van der Waals surface area contributed by atoms with Crippen LogP contribution in [0.3, 0.4) is 0 Å². The molecule has 0 atom stereocenters. The maximum Gasteiger partial charge on any atom is 0.119 e. The molecule has 0 amide bonds. The fourth-order valence-electron chi connectivity index (χ4n) is 8.55. The van der Waals surface area contributed by atoms with Gasteiger partial charge in [0, 0.05) is 71.0 Å². The summed E-state index contributed by atoms with van der Waals surface area (Å²) < 4.78 is 0. The van der Waals surface area contributed by atoms with Crippen molar-refractivity contribution in [1.29, 1.82) is 0 Å². The van der Waals surface area contributed by atoms with Gasteiger partial charge in [0.15, 0.2) is 0 Å². The zero-order valence-electron chi connectivity index (χ0n) is 33.1. The van der Waals surface area contributed by atoms with E-state index in [4.69, 9.17) is 15.0 Å². The number of quaternary nitrogens is 1. The number of nitrogens with zero attached hydrogens (tertiary/aromatic N) is 3. The highest BCUT2D eigenvalue weighted by Gasteiger charge is 2.20. The monoisotopic (exact) mass is 724 g/mol. The van der Waals surface area contributed by atoms with Crippen LogP contribution < -0.4 is 31.9 Å². The molecule has 0 aliphatic carbocycles. The van der Waals surface area contributed by atoms with Crippen molar-refractivity contribution >= 4 is 0 Å². The van der Waals surface area contributed by atoms with Gasteiger partial charge < -0.3 is 31.9 Å². The molecule has 3 aliphatic rings. The smallest absolute Gasteiger partial charge is 0.119 e. The van der Waals surface area contributed by atoms with Crippen LogP contribution in [0.15, 0.2) is 54.6 Å². The van der Waals surface area contributed by atoms with Crippen LogP contribution in [0.5, 0.6) is 0 Å². The number of hydrogen-bond donors (Lipinski definition) is 6. The predicted octanol–water partition coefficient (Wildman–Crippen LogP) is 5.06. The first kappa shape index (κ1) is 37.9. The Morgan fingerprint density at radius 2 is 0.593 bits per heavy atom. The lowest BCUT2D eigenvalue weighted by Crippen LogP contribution is -2.81. The molecule has 282 valence electrons. The Hall–Kier alpha value is -4.35. The molecule has 0 unspecified atom stereocenters. The van der Waals surface area contributed by atoms with Crippen molar-refractivity contribution in [2.45, 2.75) is 120 Å². The highest BCUT2D eigenvalue weighted by atomic mass is 14.9. The van der Waals surface area contributed by atoms with E-state index < -0.39 is 0 Å². The highest BCUT2D eigenvalue weighted by molar-refractivity contribution is 5.52. The molecule has 8 rings (SSSR count). The SMILES string of the molecule is Cc1c2c(C)c3c(C)c1CNCc1cccc(n1)CNCc1c(C)c(c(C)c(c1C)C[NH2+]Cc1cccc(n1)CNC3)CNCc1cccc(n1)CNC2. The van der Waals surface area contributed by atoms with Gasteiger partial charge in [0.25, 0.3) is 0 Å². The van der Waals surface area contributed by atoms with Crippen molar-refractivity contribution in [3.05, 3.63) is 156 Å². The van der Waals surface area contributed by atoms with E-state index in [0.29, 0.717) is 32.7 Å². The van der Waals surface area contributed by atoms with Crippen LogP contribution >= 0.6 is 0 Å². The number of pyridine rings is 3. The molecule has 12 bridgehead atoms. The van der Waals surface area contributed by atoms with Gasteiger partial charge in [-0.15, -0.1) is 0 Å². The Labute approximate surface area is 321 Å². The average Bonchev–Trinajstić information content (AvgIpc) is 3.16. The second kappa shape index (κ2) is 17.4. The van der Waals surface area contributed by atoms with E-state index in [-0.39, 0.29) is 0 Å². The molecule has 3 aliphatic heterocycles. The van der Waals surface area contributed by atoms with Gasteiger partial charge in [0.05, 0.1) is 34.2 Å². The lowest BCUT2D eigenvalue weighted by Gasteiger charge is -2.24. The van der Waals surface area contributed by atoms with Crippen LogP contribution in [-0.2, 0) is 78.5 Å². The maximum absolute atomic E-state index is 5.09. The van der Waals surface area contributed by atoms with Crippen LogP contribution in [0.25, 0.3) is 0 Å². The standard InChI is InChI=1S/C45H57N9/c1-28-40-22-46-16-34-10-7-12-37(52-34)19-49-25-43-31(4)44-26-50-20-38-13-8-11-35(53-38)17-47-23-41(28)30(3)42(29(40)2)24-48-18-36-14-9-15-39(54-36)21-51-27-45(32(43)5)33(44)6/h7-15,46-51H,16-27H2,1-6H3/p+1. The molecule has 0 spiro atoms. The second-order valence-corrected chi connectivity index (χ2v) is 15.2. The Morgan fingerprint density at radius 3 is 0.907 bits per heavy atom. The third-order valence-electron chi connectivity index (χ3n) is 11.8.